The number of pyridine rings is 1. The first-order valence-electron chi connectivity index (χ1n) is 8.03. The maximum Gasteiger partial charge on any atom is 0.319 e. The average Bonchev–Trinajstić information content (AvgIpc) is 3.02. The normalized spacial score (nSPS) is 10.9. The van der Waals surface area contributed by atoms with E-state index in [0.717, 1.165) is 5.69 Å². The summed E-state index contributed by atoms with van der Waals surface area (Å²) in [4.78, 5) is 32.5. The van der Waals surface area contributed by atoms with Crippen LogP contribution < -0.4 is 16.4 Å². The predicted molar refractivity (Wildman–Crippen MR) is 97.2 cm³/mol. The van der Waals surface area contributed by atoms with Crippen LogP contribution in [0.2, 0.25) is 0 Å². The minimum absolute atomic E-state index is 0.137. The minimum Gasteiger partial charge on any atom is -0.382 e. The van der Waals surface area contributed by atoms with Crippen LogP contribution in [0, 0.1) is 0 Å². The lowest BCUT2D eigenvalue weighted by Crippen LogP contribution is -2.24. The molecule has 3 heterocycles. The number of nitrogens with two attached hydrogens (primary N) is 1. The summed E-state index contributed by atoms with van der Waals surface area (Å²) in [6.45, 7) is 4.01. The Labute approximate surface area is 149 Å². The van der Waals surface area contributed by atoms with Crippen LogP contribution in [0.1, 0.15) is 41.4 Å². The second kappa shape index (κ2) is 6.79. The maximum atomic E-state index is 13.1. The van der Waals surface area contributed by atoms with Gasteiger partial charge in [0.05, 0.1) is 17.4 Å². The SMILES string of the molecule is CNC(=O)Nc1cncc(C(=O)c2cc(C(C)C)n3ncnc(N)c23)c1. The van der Waals surface area contributed by atoms with Crippen LogP contribution >= 0.6 is 0 Å². The molecule has 0 aliphatic carbocycles. The van der Waals surface area contributed by atoms with E-state index in [1.165, 1.54) is 25.8 Å². The van der Waals surface area contributed by atoms with Gasteiger partial charge in [0.15, 0.2) is 11.6 Å². The van der Waals surface area contributed by atoms with Crippen molar-refractivity contribution in [3.05, 3.63) is 47.7 Å². The molecule has 9 heteroatoms. The third-order valence-corrected chi connectivity index (χ3v) is 3.93. The first-order valence-corrected chi connectivity index (χ1v) is 8.03. The Morgan fingerprint density at radius 3 is 2.69 bits per heavy atom. The van der Waals surface area contributed by atoms with Gasteiger partial charge in [0.1, 0.15) is 11.8 Å². The van der Waals surface area contributed by atoms with Crippen molar-refractivity contribution in [1.82, 2.24) is 24.9 Å². The molecule has 3 rings (SSSR count). The summed E-state index contributed by atoms with van der Waals surface area (Å²) in [6.07, 6.45) is 4.26. The number of amides is 2. The molecule has 0 aromatic carbocycles. The van der Waals surface area contributed by atoms with Crippen LogP contribution in [-0.2, 0) is 0 Å². The Hall–Kier alpha value is -3.49. The number of fused-ring (bicyclic) bond motifs is 1. The molecule has 0 radical (unpaired) electrons. The first kappa shape index (κ1) is 17.3. The molecule has 2 amide bonds. The van der Waals surface area contributed by atoms with Crippen LogP contribution in [-0.4, -0.2) is 38.4 Å². The molecule has 0 unspecified atom stereocenters. The number of carbonyl (C=O) groups excluding carboxylic acids is 2. The van der Waals surface area contributed by atoms with Gasteiger partial charge in [-0.25, -0.2) is 14.3 Å². The van der Waals surface area contributed by atoms with E-state index in [0.29, 0.717) is 22.3 Å². The van der Waals surface area contributed by atoms with E-state index >= 15 is 0 Å². The summed E-state index contributed by atoms with van der Waals surface area (Å²) in [7, 11) is 1.50. The summed E-state index contributed by atoms with van der Waals surface area (Å²) in [5, 5.41) is 9.25. The molecule has 0 bridgehead atoms. The molecule has 0 fully saturated rings. The van der Waals surface area contributed by atoms with Crippen LogP contribution in [0.25, 0.3) is 5.52 Å². The van der Waals surface area contributed by atoms with Crippen LogP contribution in [0.15, 0.2) is 30.9 Å². The molecule has 0 aliphatic rings. The van der Waals surface area contributed by atoms with Gasteiger partial charge >= 0.3 is 6.03 Å². The second-order valence-corrected chi connectivity index (χ2v) is 6.04. The van der Waals surface area contributed by atoms with Gasteiger partial charge in [-0.15, -0.1) is 0 Å². The number of nitrogens with one attached hydrogen (secondary N) is 2. The number of nitrogens with zero attached hydrogens (tertiary/aromatic N) is 4. The van der Waals surface area contributed by atoms with E-state index in [9.17, 15) is 9.59 Å². The number of aromatic nitrogens is 4. The Kier molecular flexibility index (Phi) is 4.53. The van der Waals surface area contributed by atoms with Crippen molar-refractivity contribution >= 4 is 28.8 Å². The fraction of sp³-hybridized carbons (Fsp3) is 0.235. The third kappa shape index (κ3) is 3.06. The number of hydrogen-bond acceptors (Lipinski definition) is 6. The van der Waals surface area contributed by atoms with Gasteiger partial charge in [-0.1, -0.05) is 13.8 Å². The summed E-state index contributed by atoms with van der Waals surface area (Å²) in [6, 6.07) is 2.93. The standard InChI is InChI=1S/C17H19N7O2/c1-9(2)13-5-12(14-16(18)21-8-22-24(13)14)15(25)10-4-11(7-20-6-10)23-17(26)19-3/h4-9H,1-3H3,(H2,18,21,22)(H2,19,23,26). The highest BCUT2D eigenvalue weighted by Gasteiger charge is 2.22. The summed E-state index contributed by atoms with van der Waals surface area (Å²) in [5.41, 5.74) is 8.44. The Bertz CT molecular complexity index is 994. The van der Waals surface area contributed by atoms with Crippen LogP contribution in [0.4, 0.5) is 16.3 Å². The number of rotatable bonds is 4. The number of urea groups is 1. The summed E-state index contributed by atoms with van der Waals surface area (Å²) < 4.78 is 1.64. The number of anilines is 2. The second-order valence-electron chi connectivity index (χ2n) is 6.04. The number of nitrogen functional groups attached to an aromatic ring is 1. The Balaban J connectivity index is 2.09. The molecule has 0 saturated heterocycles. The number of hydrogen-bond donors (Lipinski definition) is 3. The van der Waals surface area contributed by atoms with Gasteiger partial charge in [-0.2, -0.15) is 5.10 Å². The van der Waals surface area contributed by atoms with Crippen LogP contribution in [0.3, 0.4) is 0 Å². The van der Waals surface area contributed by atoms with Crippen molar-refractivity contribution < 1.29 is 9.59 Å². The van der Waals surface area contributed by atoms with Gasteiger partial charge in [-0.05, 0) is 18.1 Å². The molecule has 4 N–H and O–H groups in total. The van der Waals surface area contributed by atoms with Gasteiger partial charge in [0, 0.05) is 24.5 Å². The van der Waals surface area contributed by atoms with Crippen molar-refractivity contribution in [3.63, 3.8) is 0 Å². The molecule has 0 atom stereocenters. The zero-order valence-corrected chi connectivity index (χ0v) is 14.6. The van der Waals surface area contributed by atoms with Gasteiger partial charge < -0.3 is 16.4 Å². The highest BCUT2D eigenvalue weighted by atomic mass is 16.2. The summed E-state index contributed by atoms with van der Waals surface area (Å²) >= 11 is 0. The van der Waals surface area contributed by atoms with E-state index in [-0.39, 0.29) is 17.5 Å². The molecule has 3 aromatic rings. The van der Waals surface area contributed by atoms with Crippen molar-refractivity contribution in [2.75, 3.05) is 18.1 Å². The Morgan fingerprint density at radius 2 is 2.00 bits per heavy atom. The first-order chi connectivity index (χ1) is 12.4. The average molecular weight is 353 g/mol. The Morgan fingerprint density at radius 1 is 1.23 bits per heavy atom. The fourth-order valence-corrected chi connectivity index (χ4v) is 2.66. The molecular weight excluding hydrogens is 334 g/mol. The molecule has 0 saturated carbocycles. The number of carbonyl (C=O) groups is 2. The largest absolute Gasteiger partial charge is 0.382 e. The lowest BCUT2D eigenvalue weighted by Gasteiger charge is -2.06. The topological polar surface area (TPSA) is 127 Å². The van der Waals surface area contributed by atoms with Crippen LogP contribution in [0.5, 0.6) is 0 Å². The molecule has 0 spiro atoms. The van der Waals surface area contributed by atoms with E-state index in [4.69, 9.17) is 5.73 Å². The lowest BCUT2D eigenvalue weighted by molar-refractivity contribution is 0.104. The van der Waals surface area contributed by atoms with Crippen molar-refractivity contribution in [2.45, 2.75) is 19.8 Å². The van der Waals surface area contributed by atoms with Crippen molar-refractivity contribution in [3.8, 4) is 0 Å². The molecule has 26 heavy (non-hydrogen) atoms. The van der Waals surface area contributed by atoms with Gasteiger partial charge in [0.25, 0.3) is 0 Å². The monoisotopic (exact) mass is 353 g/mol. The number of ketones is 1. The zero-order chi connectivity index (χ0) is 18.8. The fourth-order valence-electron chi connectivity index (χ4n) is 2.66. The molecular formula is C17H19N7O2. The maximum absolute atomic E-state index is 13.1. The van der Waals surface area contributed by atoms with E-state index < -0.39 is 6.03 Å². The van der Waals surface area contributed by atoms with E-state index in [1.807, 2.05) is 13.8 Å². The van der Waals surface area contributed by atoms with E-state index in [2.05, 4.69) is 25.7 Å². The molecule has 3 aromatic heterocycles. The minimum atomic E-state index is -0.398. The quantitative estimate of drug-likeness (QED) is 0.614. The van der Waals surface area contributed by atoms with Crippen molar-refractivity contribution in [2.24, 2.45) is 0 Å². The zero-order valence-electron chi connectivity index (χ0n) is 14.6. The molecule has 9 nitrogen and oxygen atoms in total. The van der Waals surface area contributed by atoms with E-state index in [1.54, 1.807) is 16.6 Å². The smallest absolute Gasteiger partial charge is 0.319 e. The lowest BCUT2D eigenvalue weighted by atomic mass is 10.0. The van der Waals surface area contributed by atoms with Gasteiger partial charge in [0.2, 0.25) is 0 Å². The summed E-state index contributed by atoms with van der Waals surface area (Å²) in [5.74, 6) is 0.0875. The third-order valence-electron chi connectivity index (χ3n) is 3.93. The highest BCUT2D eigenvalue weighted by Crippen LogP contribution is 2.27. The van der Waals surface area contributed by atoms with Crippen molar-refractivity contribution in [1.29, 1.82) is 0 Å². The highest BCUT2D eigenvalue weighted by molar-refractivity contribution is 6.15. The molecule has 134 valence electrons. The van der Waals surface area contributed by atoms with Gasteiger partial charge in [-0.3, -0.25) is 9.78 Å². The molecule has 0 aliphatic heterocycles. The predicted octanol–water partition coefficient (Wildman–Crippen LogP) is 1.81.